The highest BCUT2D eigenvalue weighted by Gasteiger charge is 2.00. The Morgan fingerprint density at radius 3 is 2.29 bits per heavy atom. The third-order valence-electron chi connectivity index (χ3n) is 1.95. The molecule has 0 aliphatic carbocycles. The van der Waals surface area contributed by atoms with E-state index in [1.165, 1.54) is 5.56 Å². The van der Waals surface area contributed by atoms with Crippen LogP contribution < -0.4 is 6.15 Å². The molecular formula is C10H14N4. The molecule has 4 nitrogen and oxygen atoms in total. The van der Waals surface area contributed by atoms with Crippen molar-refractivity contribution in [2.24, 2.45) is 7.05 Å². The maximum atomic E-state index is 4.03. The van der Waals surface area contributed by atoms with Crippen LogP contribution in [0.1, 0.15) is 5.56 Å². The van der Waals surface area contributed by atoms with E-state index in [0.29, 0.717) is 0 Å². The number of hydrogen-bond donors (Lipinski definition) is 1. The Labute approximate surface area is 83.1 Å². The van der Waals surface area contributed by atoms with Crippen molar-refractivity contribution in [2.75, 3.05) is 0 Å². The Kier molecular flexibility index (Phi) is 2.99. The number of benzene rings is 1. The molecule has 0 fully saturated rings. The zero-order chi connectivity index (χ0) is 9.26. The van der Waals surface area contributed by atoms with Gasteiger partial charge in [0.25, 0.3) is 0 Å². The van der Waals surface area contributed by atoms with Gasteiger partial charge in [-0.1, -0.05) is 35.0 Å². The first-order chi connectivity index (χ1) is 6.25. The molecule has 14 heavy (non-hydrogen) atoms. The second-order valence-corrected chi connectivity index (χ2v) is 3.14. The van der Waals surface area contributed by atoms with E-state index < -0.39 is 0 Å². The molecular weight excluding hydrogens is 176 g/mol. The first-order valence-electron chi connectivity index (χ1n) is 4.19. The van der Waals surface area contributed by atoms with Crippen molar-refractivity contribution in [1.82, 2.24) is 21.1 Å². The van der Waals surface area contributed by atoms with Crippen LogP contribution in [0.3, 0.4) is 0 Å². The molecule has 1 aromatic heterocycles. The number of hydrogen-bond acceptors (Lipinski definition) is 3. The van der Waals surface area contributed by atoms with E-state index >= 15 is 0 Å². The van der Waals surface area contributed by atoms with E-state index in [1.54, 1.807) is 4.68 Å². The van der Waals surface area contributed by atoms with Gasteiger partial charge in [0.05, 0.1) is 6.20 Å². The van der Waals surface area contributed by atoms with Crippen LogP contribution in [0.25, 0.3) is 11.3 Å². The van der Waals surface area contributed by atoms with Gasteiger partial charge >= 0.3 is 0 Å². The maximum absolute atomic E-state index is 4.03. The predicted octanol–water partition coefficient (Wildman–Crippen LogP) is 1.95. The number of aromatic nitrogens is 3. The summed E-state index contributed by atoms with van der Waals surface area (Å²) in [4.78, 5) is 0. The van der Waals surface area contributed by atoms with Crippen LogP contribution in [0.2, 0.25) is 0 Å². The number of rotatable bonds is 1. The molecule has 0 aliphatic heterocycles. The molecule has 3 N–H and O–H groups in total. The third-order valence-corrected chi connectivity index (χ3v) is 1.95. The Morgan fingerprint density at radius 2 is 1.79 bits per heavy atom. The summed E-state index contributed by atoms with van der Waals surface area (Å²) in [6.07, 6.45) is 1.91. The monoisotopic (exact) mass is 190 g/mol. The zero-order valence-electron chi connectivity index (χ0n) is 8.44. The Morgan fingerprint density at radius 1 is 1.14 bits per heavy atom. The molecule has 0 spiro atoms. The fraction of sp³-hybridized carbons (Fsp3) is 0.200. The van der Waals surface area contributed by atoms with Crippen molar-refractivity contribution in [3.63, 3.8) is 0 Å². The van der Waals surface area contributed by atoms with Gasteiger partial charge in [0, 0.05) is 12.6 Å². The SMILES string of the molecule is Cc1ccc(-c2cn(C)nn2)cc1.N. The largest absolute Gasteiger partial charge is 0.344 e. The van der Waals surface area contributed by atoms with Gasteiger partial charge in [0.1, 0.15) is 5.69 Å². The highest BCUT2D eigenvalue weighted by atomic mass is 15.4. The van der Waals surface area contributed by atoms with E-state index in [0.717, 1.165) is 11.3 Å². The van der Waals surface area contributed by atoms with Crippen LogP contribution in [-0.4, -0.2) is 15.0 Å². The second-order valence-electron chi connectivity index (χ2n) is 3.14. The normalized spacial score (nSPS) is 9.57. The minimum atomic E-state index is 0. The lowest BCUT2D eigenvalue weighted by Gasteiger charge is -1.95. The Bertz CT molecular complexity index is 402. The van der Waals surface area contributed by atoms with Gasteiger partial charge in [-0.15, -0.1) is 5.10 Å². The van der Waals surface area contributed by atoms with Gasteiger partial charge in [0.2, 0.25) is 0 Å². The van der Waals surface area contributed by atoms with E-state index in [2.05, 4.69) is 41.5 Å². The first kappa shape index (κ1) is 10.4. The molecule has 0 aliphatic rings. The minimum Gasteiger partial charge on any atom is -0.344 e. The van der Waals surface area contributed by atoms with Crippen LogP contribution in [0.15, 0.2) is 30.5 Å². The van der Waals surface area contributed by atoms with Crippen LogP contribution >= 0.6 is 0 Å². The average molecular weight is 190 g/mol. The average Bonchev–Trinajstić information content (AvgIpc) is 2.53. The summed E-state index contributed by atoms with van der Waals surface area (Å²) < 4.78 is 1.70. The van der Waals surface area contributed by atoms with E-state index in [4.69, 9.17) is 0 Å². The molecule has 0 atom stereocenters. The topological polar surface area (TPSA) is 65.7 Å². The smallest absolute Gasteiger partial charge is 0.113 e. The van der Waals surface area contributed by atoms with Crippen LogP contribution in [-0.2, 0) is 7.05 Å². The van der Waals surface area contributed by atoms with Gasteiger partial charge in [-0.2, -0.15) is 0 Å². The Balaban J connectivity index is 0.000000980. The molecule has 74 valence electrons. The van der Waals surface area contributed by atoms with E-state index in [-0.39, 0.29) is 6.15 Å². The summed E-state index contributed by atoms with van der Waals surface area (Å²) in [5, 5.41) is 7.91. The van der Waals surface area contributed by atoms with Crippen LogP contribution in [0.4, 0.5) is 0 Å². The predicted molar refractivity (Wildman–Crippen MR) is 56.2 cm³/mol. The fourth-order valence-corrected chi connectivity index (χ4v) is 1.20. The van der Waals surface area contributed by atoms with Crippen LogP contribution in [0.5, 0.6) is 0 Å². The van der Waals surface area contributed by atoms with Crippen molar-refractivity contribution in [2.45, 2.75) is 6.92 Å². The first-order valence-corrected chi connectivity index (χ1v) is 4.19. The maximum Gasteiger partial charge on any atom is 0.113 e. The van der Waals surface area contributed by atoms with Crippen molar-refractivity contribution in [3.8, 4) is 11.3 Å². The summed E-state index contributed by atoms with van der Waals surface area (Å²) in [5.41, 5.74) is 3.29. The molecule has 0 bridgehead atoms. The summed E-state index contributed by atoms with van der Waals surface area (Å²) in [6.45, 7) is 2.07. The highest BCUT2D eigenvalue weighted by molar-refractivity contribution is 5.57. The van der Waals surface area contributed by atoms with E-state index in [9.17, 15) is 0 Å². The molecule has 2 rings (SSSR count). The molecule has 1 heterocycles. The van der Waals surface area contributed by atoms with Gasteiger partial charge in [-0.25, -0.2) is 0 Å². The van der Waals surface area contributed by atoms with Crippen molar-refractivity contribution in [3.05, 3.63) is 36.0 Å². The number of aryl methyl sites for hydroxylation is 2. The Hall–Kier alpha value is -1.68. The molecule has 0 unspecified atom stereocenters. The van der Waals surface area contributed by atoms with Gasteiger partial charge < -0.3 is 6.15 Å². The summed E-state index contributed by atoms with van der Waals surface area (Å²) in [6, 6.07) is 8.26. The molecule has 0 amide bonds. The fourth-order valence-electron chi connectivity index (χ4n) is 1.20. The summed E-state index contributed by atoms with van der Waals surface area (Å²) in [5.74, 6) is 0. The van der Waals surface area contributed by atoms with Gasteiger partial charge in [-0.3, -0.25) is 4.68 Å². The lowest BCUT2D eigenvalue weighted by molar-refractivity contribution is 0.715. The number of nitrogens with zero attached hydrogens (tertiary/aromatic N) is 3. The van der Waals surface area contributed by atoms with Crippen LogP contribution in [0, 0.1) is 6.92 Å². The van der Waals surface area contributed by atoms with Gasteiger partial charge in [0.15, 0.2) is 0 Å². The molecule has 0 radical (unpaired) electrons. The van der Waals surface area contributed by atoms with Crippen molar-refractivity contribution < 1.29 is 0 Å². The summed E-state index contributed by atoms with van der Waals surface area (Å²) >= 11 is 0. The van der Waals surface area contributed by atoms with Crippen molar-refractivity contribution in [1.29, 1.82) is 0 Å². The molecule has 4 heteroatoms. The quantitative estimate of drug-likeness (QED) is 0.747. The third kappa shape index (κ3) is 1.97. The highest BCUT2D eigenvalue weighted by Crippen LogP contribution is 2.15. The second kappa shape index (κ2) is 4.02. The molecule has 2 aromatic rings. The zero-order valence-corrected chi connectivity index (χ0v) is 8.44. The molecule has 0 saturated heterocycles. The van der Waals surface area contributed by atoms with E-state index in [1.807, 2.05) is 13.2 Å². The van der Waals surface area contributed by atoms with Crippen molar-refractivity contribution >= 4 is 0 Å². The molecule has 1 aromatic carbocycles. The minimum absolute atomic E-state index is 0. The standard InChI is InChI=1S/C10H11N3.H3N/c1-8-3-5-9(6-4-8)10-7-13(2)12-11-10;/h3-7H,1-2H3;1H3. The lowest BCUT2D eigenvalue weighted by Crippen LogP contribution is -1.85. The summed E-state index contributed by atoms with van der Waals surface area (Å²) in [7, 11) is 1.87. The lowest BCUT2D eigenvalue weighted by atomic mass is 10.1. The molecule has 0 saturated carbocycles. The van der Waals surface area contributed by atoms with Gasteiger partial charge in [-0.05, 0) is 6.92 Å².